The van der Waals surface area contributed by atoms with Gasteiger partial charge in [0.25, 0.3) is 5.91 Å². The van der Waals surface area contributed by atoms with Crippen molar-refractivity contribution in [1.29, 1.82) is 0 Å². The number of nitrogens with zero attached hydrogens (tertiary/aromatic N) is 1. The van der Waals surface area contributed by atoms with Gasteiger partial charge in [-0.15, -0.1) is 11.8 Å². The maximum Gasteiger partial charge on any atom is 0.305 e. The van der Waals surface area contributed by atoms with Crippen LogP contribution in [0.15, 0.2) is 82.6 Å². The number of imide groups is 1. The summed E-state index contributed by atoms with van der Waals surface area (Å²) < 4.78 is 33.0. The minimum absolute atomic E-state index is 0.0289. The fraction of sp³-hybridized carbons (Fsp3) is 0.273. The number of nitrogens with one attached hydrogen (secondary N) is 2. The Bertz CT molecular complexity index is 1910. The fourth-order valence-electron chi connectivity index (χ4n) is 7.95. The number of hydrogen-bond acceptors (Lipinski definition) is 7. The highest BCUT2D eigenvalue weighted by molar-refractivity contribution is 8.00. The number of hydrogen-bond donors (Lipinski definition) is 2. The van der Waals surface area contributed by atoms with Gasteiger partial charge in [-0.25, -0.2) is 8.78 Å². The van der Waals surface area contributed by atoms with E-state index in [0.29, 0.717) is 23.5 Å². The molecule has 12 heteroatoms. The van der Waals surface area contributed by atoms with Crippen LogP contribution in [0.3, 0.4) is 0 Å². The standard InChI is InChI=1S/C33H25F2N3O5S2/c34-15-5-9-17(10-6-15)36-23(39)14-43-22-4-2-1-3-19(22)24-25-20-13-21(28(25)44-30-29(24)45-33(42)37-30)27-26(20)31(40)38(32(27)41)18-11-7-16(35)8-12-18/h1-12,20-21,24-28H,13-14H2,(H,36,39)(H,37,42)/t20?,21?,24-,25?,26?,27?,28?/m1/s1. The summed E-state index contributed by atoms with van der Waals surface area (Å²) in [7, 11) is 0. The minimum atomic E-state index is -0.510. The van der Waals surface area contributed by atoms with Gasteiger partial charge in [0, 0.05) is 27.3 Å². The van der Waals surface area contributed by atoms with Crippen molar-refractivity contribution in [1.82, 2.24) is 4.98 Å². The lowest BCUT2D eigenvalue weighted by Gasteiger charge is -2.43. The maximum absolute atomic E-state index is 13.9. The summed E-state index contributed by atoms with van der Waals surface area (Å²) in [5, 5.41) is 3.43. The van der Waals surface area contributed by atoms with Crippen LogP contribution in [0.4, 0.5) is 20.2 Å². The molecule has 1 saturated heterocycles. The lowest BCUT2D eigenvalue weighted by Crippen LogP contribution is -2.42. The van der Waals surface area contributed by atoms with Gasteiger partial charge >= 0.3 is 4.87 Å². The molecule has 4 aliphatic rings. The maximum atomic E-state index is 13.9. The van der Waals surface area contributed by atoms with Crippen molar-refractivity contribution in [2.45, 2.75) is 22.6 Å². The van der Waals surface area contributed by atoms with E-state index in [-0.39, 0.29) is 52.2 Å². The number of aromatic nitrogens is 1. The summed E-state index contributed by atoms with van der Waals surface area (Å²) in [4.78, 5) is 57.9. The third-order valence-electron chi connectivity index (χ3n) is 9.55. The van der Waals surface area contributed by atoms with E-state index in [2.05, 4.69) is 10.3 Å². The van der Waals surface area contributed by atoms with Crippen molar-refractivity contribution in [2.75, 3.05) is 16.8 Å². The fourth-order valence-corrected chi connectivity index (χ4v) is 10.8. The molecule has 0 spiro atoms. The molecule has 0 radical (unpaired) electrons. The van der Waals surface area contributed by atoms with Crippen LogP contribution in [0.2, 0.25) is 0 Å². The van der Waals surface area contributed by atoms with Gasteiger partial charge in [-0.3, -0.25) is 24.1 Å². The molecule has 2 N–H and O–H groups in total. The van der Waals surface area contributed by atoms with Crippen LogP contribution >= 0.6 is 23.1 Å². The van der Waals surface area contributed by atoms with Crippen LogP contribution in [0.1, 0.15) is 22.8 Å². The summed E-state index contributed by atoms with van der Waals surface area (Å²) in [5.41, 5.74) is 1.61. The first kappa shape index (κ1) is 28.2. The Kier molecular flexibility index (Phi) is 6.68. The van der Waals surface area contributed by atoms with Gasteiger partial charge < -0.3 is 15.0 Å². The van der Waals surface area contributed by atoms with Crippen molar-refractivity contribution in [2.24, 2.45) is 29.6 Å². The SMILES string of the molecule is O=C(COc1ccccc1[C@H]1c2sc(=O)[nH]c2SC2C3CC(C4C(=O)N(c5ccc(F)cc5)C(=O)C34)C21)Nc1ccc(F)cc1. The first-order valence-corrected chi connectivity index (χ1v) is 16.3. The number of carbonyl (C=O) groups is 3. The number of fused-ring (bicyclic) bond motifs is 9. The molecule has 3 fully saturated rings. The number of carbonyl (C=O) groups excluding carboxylic acids is 3. The predicted molar refractivity (Wildman–Crippen MR) is 164 cm³/mol. The first-order chi connectivity index (χ1) is 21.8. The number of rotatable bonds is 6. The molecule has 2 aliphatic carbocycles. The highest BCUT2D eigenvalue weighted by atomic mass is 32.2. The van der Waals surface area contributed by atoms with E-state index in [0.717, 1.165) is 26.8 Å². The number of ether oxygens (including phenoxy) is 1. The summed E-state index contributed by atoms with van der Waals surface area (Å²) >= 11 is 2.71. The minimum Gasteiger partial charge on any atom is -0.483 e. The Balaban J connectivity index is 1.12. The average Bonchev–Trinajstić information content (AvgIpc) is 3.77. The van der Waals surface area contributed by atoms with Crippen LogP contribution in [0.25, 0.3) is 0 Å². The van der Waals surface area contributed by atoms with Gasteiger partial charge in [0.1, 0.15) is 17.4 Å². The Morgan fingerprint density at radius 3 is 2.31 bits per heavy atom. The largest absolute Gasteiger partial charge is 0.483 e. The Morgan fingerprint density at radius 2 is 1.58 bits per heavy atom. The Morgan fingerprint density at radius 1 is 0.911 bits per heavy atom. The number of anilines is 2. The van der Waals surface area contributed by atoms with Crippen molar-refractivity contribution in [3.8, 4) is 5.75 Å². The molecule has 3 amide bonds. The van der Waals surface area contributed by atoms with E-state index in [1.165, 1.54) is 53.4 Å². The second-order valence-electron chi connectivity index (χ2n) is 11.8. The lowest BCUT2D eigenvalue weighted by molar-refractivity contribution is -0.123. The molecule has 2 saturated carbocycles. The molecule has 1 aromatic heterocycles. The summed E-state index contributed by atoms with van der Waals surface area (Å²) in [6, 6.07) is 18.2. The number of amides is 3. The molecule has 2 bridgehead atoms. The van der Waals surface area contributed by atoms with Crippen molar-refractivity contribution >= 4 is 52.2 Å². The van der Waals surface area contributed by atoms with E-state index in [1.54, 1.807) is 17.8 Å². The van der Waals surface area contributed by atoms with E-state index < -0.39 is 29.4 Å². The van der Waals surface area contributed by atoms with Gasteiger partial charge in [-0.05, 0) is 78.8 Å². The number of thioether (sulfide) groups is 1. The van der Waals surface area contributed by atoms with Crippen molar-refractivity contribution < 1.29 is 27.9 Å². The van der Waals surface area contributed by atoms with E-state index in [9.17, 15) is 28.0 Å². The number of H-pyrrole nitrogens is 1. The molecule has 7 atom stereocenters. The molecular formula is C33H25F2N3O5S2. The monoisotopic (exact) mass is 645 g/mol. The highest BCUT2D eigenvalue weighted by Gasteiger charge is 2.69. The van der Waals surface area contributed by atoms with Crippen LogP contribution in [0.5, 0.6) is 5.75 Å². The molecule has 4 aromatic rings. The van der Waals surface area contributed by atoms with Crippen LogP contribution in [-0.2, 0) is 14.4 Å². The lowest BCUT2D eigenvalue weighted by atomic mass is 9.68. The van der Waals surface area contributed by atoms with Crippen molar-refractivity contribution in [3.05, 3.63) is 105 Å². The highest BCUT2D eigenvalue weighted by Crippen LogP contribution is 2.69. The van der Waals surface area contributed by atoms with Gasteiger partial charge in [0.2, 0.25) is 11.8 Å². The van der Waals surface area contributed by atoms with Crippen LogP contribution < -0.4 is 19.8 Å². The smallest absolute Gasteiger partial charge is 0.305 e. The molecule has 8 rings (SSSR count). The summed E-state index contributed by atoms with van der Waals surface area (Å²) in [5.74, 6) is -2.86. The zero-order valence-corrected chi connectivity index (χ0v) is 25.1. The Labute approximate surface area is 263 Å². The molecule has 6 unspecified atom stereocenters. The second kappa shape index (κ2) is 10.7. The molecule has 45 heavy (non-hydrogen) atoms. The van der Waals surface area contributed by atoms with E-state index >= 15 is 0 Å². The number of halogens is 2. The molecule has 228 valence electrons. The molecule has 2 aliphatic heterocycles. The second-order valence-corrected chi connectivity index (χ2v) is 14.0. The number of para-hydroxylation sites is 1. The zero-order chi connectivity index (χ0) is 31.0. The number of benzene rings is 3. The predicted octanol–water partition coefficient (Wildman–Crippen LogP) is 5.41. The van der Waals surface area contributed by atoms with Crippen LogP contribution in [0, 0.1) is 41.2 Å². The molecule has 8 nitrogen and oxygen atoms in total. The van der Waals surface area contributed by atoms with Gasteiger partial charge in [-0.2, -0.15) is 0 Å². The quantitative estimate of drug-likeness (QED) is 0.272. The summed E-state index contributed by atoms with van der Waals surface area (Å²) in [6.07, 6.45) is 0.713. The normalized spacial score (nSPS) is 27.7. The zero-order valence-electron chi connectivity index (χ0n) is 23.4. The topological polar surface area (TPSA) is 109 Å². The van der Waals surface area contributed by atoms with Gasteiger partial charge in [-0.1, -0.05) is 29.5 Å². The van der Waals surface area contributed by atoms with E-state index in [4.69, 9.17) is 4.74 Å². The van der Waals surface area contributed by atoms with Crippen LogP contribution in [-0.4, -0.2) is 34.6 Å². The Hall–Kier alpha value is -4.29. The summed E-state index contributed by atoms with van der Waals surface area (Å²) in [6.45, 7) is -0.295. The average molecular weight is 646 g/mol. The van der Waals surface area contributed by atoms with Gasteiger partial charge in [0.15, 0.2) is 6.61 Å². The van der Waals surface area contributed by atoms with Crippen molar-refractivity contribution in [3.63, 3.8) is 0 Å². The van der Waals surface area contributed by atoms with E-state index in [1.807, 2.05) is 18.2 Å². The first-order valence-electron chi connectivity index (χ1n) is 14.6. The number of thiazole rings is 1. The molecule has 3 aromatic carbocycles. The molecular weight excluding hydrogens is 621 g/mol. The molecule has 3 heterocycles. The third-order valence-corrected chi connectivity index (χ3v) is 12.1. The van der Waals surface area contributed by atoms with Gasteiger partial charge in [0.05, 0.1) is 22.5 Å². The third kappa shape index (κ3) is 4.53. The number of aromatic amines is 1.